The Hall–Kier alpha value is -0.910. The number of carboxylic acids is 1. The van der Waals surface area contributed by atoms with Crippen LogP contribution in [0.3, 0.4) is 0 Å². The maximum absolute atomic E-state index is 10.4. The van der Waals surface area contributed by atoms with Gasteiger partial charge in [0.25, 0.3) is 0 Å². The number of rotatable bonds is 3. The molecule has 2 atom stereocenters. The second-order valence-electron chi connectivity index (χ2n) is 2.29. The molecule has 1 rings (SSSR count). The van der Waals surface area contributed by atoms with E-state index in [0.29, 0.717) is 12.3 Å². The average molecular weight is 188 g/mol. The lowest BCUT2D eigenvalue weighted by molar-refractivity contribution is -0.138. The number of aliphatic carboxylic acids is 1. The maximum atomic E-state index is 10.4. The van der Waals surface area contributed by atoms with Gasteiger partial charge in [0, 0.05) is 10.7 Å². The molecule has 1 saturated heterocycles. The van der Waals surface area contributed by atoms with Crippen LogP contribution in [-0.2, 0) is 4.79 Å². The zero-order valence-electron chi connectivity index (χ0n) is 6.17. The van der Waals surface area contributed by atoms with Crippen LogP contribution in [0.1, 0.15) is 0 Å². The highest BCUT2D eigenvalue weighted by molar-refractivity contribution is 8.00. The van der Waals surface area contributed by atoms with Gasteiger partial charge in [-0.25, -0.2) is 0 Å². The first kappa shape index (κ1) is 9.18. The van der Waals surface area contributed by atoms with Crippen molar-refractivity contribution < 1.29 is 9.90 Å². The maximum Gasteiger partial charge on any atom is 0.321 e. The quantitative estimate of drug-likeness (QED) is 0.380. The first-order chi connectivity index (χ1) is 5.74. The molecule has 0 aromatic carbocycles. The van der Waals surface area contributed by atoms with Gasteiger partial charge in [-0.05, 0) is 5.53 Å². The first-order valence-corrected chi connectivity index (χ1v) is 4.40. The molecule has 1 aliphatic heterocycles. The zero-order valence-corrected chi connectivity index (χ0v) is 6.99. The second kappa shape index (κ2) is 4.20. The Morgan fingerprint density at radius 3 is 3.17 bits per heavy atom. The summed E-state index contributed by atoms with van der Waals surface area (Å²) in [6, 6.07) is -0.506. The first-order valence-electron chi connectivity index (χ1n) is 3.35. The van der Waals surface area contributed by atoms with Gasteiger partial charge in [-0.15, -0.1) is 11.8 Å². The van der Waals surface area contributed by atoms with Crippen molar-refractivity contribution in [3.63, 3.8) is 0 Å². The molecule has 0 bridgehead atoms. The SMILES string of the molecule is [N-]=[N+]=NCC1NC(C(=O)O)CS1. The Bertz CT molecular complexity index is 227. The largest absolute Gasteiger partial charge is 0.480 e. The minimum absolute atomic E-state index is 0.0537. The fourth-order valence-corrected chi connectivity index (χ4v) is 1.99. The zero-order chi connectivity index (χ0) is 8.97. The molecule has 0 radical (unpaired) electrons. The van der Waals surface area contributed by atoms with Crippen molar-refractivity contribution in [3.05, 3.63) is 10.4 Å². The summed E-state index contributed by atoms with van der Waals surface area (Å²) in [5.74, 6) is -0.327. The number of nitrogens with one attached hydrogen (secondary N) is 1. The molecule has 2 unspecified atom stereocenters. The lowest BCUT2D eigenvalue weighted by Gasteiger charge is -2.05. The van der Waals surface area contributed by atoms with Crippen LogP contribution < -0.4 is 5.32 Å². The van der Waals surface area contributed by atoms with E-state index in [1.165, 1.54) is 11.8 Å². The van der Waals surface area contributed by atoms with Gasteiger partial charge in [-0.1, -0.05) is 5.11 Å². The van der Waals surface area contributed by atoms with E-state index in [1.807, 2.05) is 0 Å². The van der Waals surface area contributed by atoms with Crippen LogP contribution in [-0.4, -0.2) is 34.8 Å². The van der Waals surface area contributed by atoms with Crippen LogP contribution in [0.5, 0.6) is 0 Å². The average Bonchev–Trinajstić information content (AvgIpc) is 2.48. The summed E-state index contributed by atoms with van der Waals surface area (Å²) in [5, 5.41) is 14.7. The van der Waals surface area contributed by atoms with Crippen LogP contribution in [0.4, 0.5) is 0 Å². The number of nitrogens with zero attached hydrogens (tertiary/aromatic N) is 3. The smallest absolute Gasteiger partial charge is 0.321 e. The normalized spacial score (nSPS) is 28.0. The van der Waals surface area contributed by atoms with E-state index in [1.54, 1.807) is 0 Å². The third kappa shape index (κ3) is 2.30. The lowest BCUT2D eigenvalue weighted by Crippen LogP contribution is -2.37. The van der Waals surface area contributed by atoms with Crippen molar-refractivity contribution in [2.75, 3.05) is 12.3 Å². The minimum Gasteiger partial charge on any atom is -0.480 e. The molecule has 0 aromatic rings. The molecular formula is C5H8N4O2S. The Labute approximate surface area is 73.0 Å². The van der Waals surface area contributed by atoms with Crippen molar-refractivity contribution in [2.45, 2.75) is 11.4 Å². The minimum atomic E-state index is -0.856. The molecule has 1 fully saturated rings. The highest BCUT2D eigenvalue weighted by atomic mass is 32.2. The molecule has 7 heteroatoms. The Morgan fingerprint density at radius 2 is 2.67 bits per heavy atom. The lowest BCUT2D eigenvalue weighted by atomic mass is 10.3. The van der Waals surface area contributed by atoms with Crippen molar-refractivity contribution in [3.8, 4) is 0 Å². The Balaban J connectivity index is 2.35. The number of carbonyl (C=O) groups is 1. The van der Waals surface area contributed by atoms with Gasteiger partial charge in [0.1, 0.15) is 6.04 Å². The van der Waals surface area contributed by atoms with Gasteiger partial charge < -0.3 is 5.11 Å². The summed E-state index contributed by atoms with van der Waals surface area (Å²) in [6.45, 7) is 0.297. The third-order valence-corrected chi connectivity index (χ3v) is 2.67. The van der Waals surface area contributed by atoms with Crippen molar-refractivity contribution in [1.82, 2.24) is 5.32 Å². The topological polar surface area (TPSA) is 98.1 Å². The number of carboxylic acid groups (broad SMARTS) is 1. The van der Waals surface area contributed by atoms with Gasteiger partial charge in [-0.2, -0.15) is 0 Å². The van der Waals surface area contributed by atoms with Gasteiger partial charge in [0.2, 0.25) is 0 Å². The number of hydrogen-bond acceptors (Lipinski definition) is 4. The van der Waals surface area contributed by atoms with E-state index < -0.39 is 12.0 Å². The fraction of sp³-hybridized carbons (Fsp3) is 0.800. The van der Waals surface area contributed by atoms with E-state index >= 15 is 0 Å². The summed E-state index contributed by atoms with van der Waals surface area (Å²) in [5.41, 5.74) is 8.01. The van der Waals surface area contributed by atoms with E-state index in [9.17, 15) is 4.79 Å². The highest BCUT2D eigenvalue weighted by Crippen LogP contribution is 2.18. The van der Waals surface area contributed by atoms with E-state index in [4.69, 9.17) is 10.6 Å². The number of thioether (sulfide) groups is 1. The molecule has 1 aliphatic rings. The van der Waals surface area contributed by atoms with Crippen molar-refractivity contribution >= 4 is 17.7 Å². The molecule has 0 spiro atoms. The van der Waals surface area contributed by atoms with E-state index in [0.717, 1.165) is 0 Å². The fourth-order valence-electron chi connectivity index (χ4n) is 0.892. The Kier molecular flexibility index (Phi) is 3.21. The van der Waals surface area contributed by atoms with Gasteiger partial charge >= 0.3 is 5.97 Å². The number of hydrogen-bond donors (Lipinski definition) is 2. The summed E-state index contributed by atoms with van der Waals surface area (Å²) >= 11 is 1.46. The predicted molar refractivity (Wildman–Crippen MR) is 44.8 cm³/mol. The molecule has 0 aliphatic carbocycles. The van der Waals surface area contributed by atoms with Gasteiger partial charge in [-0.3, -0.25) is 10.1 Å². The van der Waals surface area contributed by atoms with E-state index in [2.05, 4.69) is 15.3 Å². The van der Waals surface area contributed by atoms with Crippen LogP contribution in [0, 0.1) is 0 Å². The highest BCUT2D eigenvalue weighted by Gasteiger charge is 2.28. The molecular weight excluding hydrogens is 180 g/mol. The predicted octanol–water partition coefficient (Wildman–Crippen LogP) is 0.412. The molecule has 66 valence electrons. The molecule has 2 N–H and O–H groups in total. The van der Waals surface area contributed by atoms with Crippen molar-refractivity contribution in [2.24, 2.45) is 5.11 Å². The monoisotopic (exact) mass is 188 g/mol. The number of azide groups is 1. The van der Waals surface area contributed by atoms with Crippen molar-refractivity contribution in [1.29, 1.82) is 0 Å². The van der Waals surface area contributed by atoms with Crippen LogP contribution in [0.2, 0.25) is 0 Å². The van der Waals surface area contributed by atoms with Gasteiger partial charge in [0.05, 0.1) is 11.9 Å². The molecule has 1 heterocycles. The van der Waals surface area contributed by atoms with Gasteiger partial charge in [0.15, 0.2) is 0 Å². The second-order valence-corrected chi connectivity index (χ2v) is 3.53. The summed E-state index contributed by atoms with van der Waals surface area (Å²) in [7, 11) is 0. The molecule has 0 aromatic heterocycles. The molecule has 0 amide bonds. The van der Waals surface area contributed by atoms with Crippen LogP contribution in [0.25, 0.3) is 10.4 Å². The van der Waals surface area contributed by atoms with E-state index in [-0.39, 0.29) is 5.37 Å². The third-order valence-electron chi connectivity index (χ3n) is 1.46. The summed E-state index contributed by atoms with van der Waals surface area (Å²) < 4.78 is 0. The molecule has 0 saturated carbocycles. The standard InChI is InChI=1S/C5H8N4O2S/c6-9-7-1-4-8-3(2-12-4)5(10)11/h3-4,8H,1-2H2,(H,10,11). The summed E-state index contributed by atoms with van der Waals surface area (Å²) in [6.07, 6.45) is 0. The van der Waals surface area contributed by atoms with Crippen LogP contribution >= 0.6 is 11.8 Å². The summed E-state index contributed by atoms with van der Waals surface area (Å²) in [4.78, 5) is 13.0. The molecule has 12 heavy (non-hydrogen) atoms. The van der Waals surface area contributed by atoms with Crippen LogP contribution in [0.15, 0.2) is 5.11 Å². The molecule has 6 nitrogen and oxygen atoms in total. The Morgan fingerprint density at radius 1 is 1.92 bits per heavy atom.